The highest BCUT2D eigenvalue weighted by Crippen LogP contribution is 2.15. The Bertz CT molecular complexity index is 1080. The van der Waals surface area contributed by atoms with Gasteiger partial charge in [0.2, 0.25) is 0 Å². The smallest absolute Gasteiger partial charge is 0.274 e. The minimum atomic E-state index is -0.154. The summed E-state index contributed by atoms with van der Waals surface area (Å²) in [6.07, 6.45) is 7.04. The molecule has 0 aliphatic carbocycles. The fourth-order valence-electron chi connectivity index (χ4n) is 3.35. The summed E-state index contributed by atoms with van der Waals surface area (Å²) in [5.74, 6) is -0.154. The summed E-state index contributed by atoms with van der Waals surface area (Å²) in [6.45, 7) is 8.38. The maximum atomic E-state index is 12.2. The Labute approximate surface area is 205 Å². The fraction of sp³-hybridized carbons (Fsp3) is 0.269. The van der Waals surface area contributed by atoms with E-state index in [9.17, 15) is 4.79 Å². The summed E-state index contributed by atoms with van der Waals surface area (Å²) in [5, 5.41) is 5.21. The molecule has 1 aliphatic heterocycles. The minimum absolute atomic E-state index is 0.154. The van der Waals surface area contributed by atoms with Gasteiger partial charge in [-0.15, -0.1) is 11.3 Å². The number of aromatic nitrogens is 3. The minimum Gasteiger partial charge on any atom is -0.378 e. The summed E-state index contributed by atoms with van der Waals surface area (Å²) >= 11 is 1.40. The van der Waals surface area contributed by atoms with E-state index in [4.69, 9.17) is 4.74 Å². The summed E-state index contributed by atoms with van der Waals surface area (Å²) in [4.78, 5) is 22.6. The fourth-order valence-corrected chi connectivity index (χ4v) is 3.87. The molecule has 0 atom stereocenters. The molecule has 0 radical (unpaired) electrons. The van der Waals surface area contributed by atoms with E-state index in [1.165, 1.54) is 17.0 Å². The Hall–Kier alpha value is -3.49. The molecule has 1 saturated heterocycles. The molecule has 0 saturated carbocycles. The van der Waals surface area contributed by atoms with Crippen molar-refractivity contribution in [1.82, 2.24) is 14.5 Å². The number of thiazole rings is 1. The number of hydrogen-bond acceptors (Lipinski definition) is 6. The van der Waals surface area contributed by atoms with E-state index in [-0.39, 0.29) is 5.91 Å². The predicted octanol–water partition coefficient (Wildman–Crippen LogP) is 5.19. The summed E-state index contributed by atoms with van der Waals surface area (Å²) in [7, 11) is 0. The van der Waals surface area contributed by atoms with Gasteiger partial charge in [-0.1, -0.05) is 32.0 Å². The number of pyridine rings is 1. The Morgan fingerprint density at radius 2 is 1.74 bits per heavy atom. The van der Waals surface area contributed by atoms with Gasteiger partial charge in [0.15, 0.2) is 5.13 Å². The lowest BCUT2D eigenvalue weighted by Gasteiger charge is -2.28. The van der Waals surface area contributed by atoms with Crippen molar-refractivity contribution >= 4 is 28.1 Å². The van der Waals surface area contributed by atoms with Crippen LogP contribution in [0.4, 0.5) is 10.8 Å². The Morgan fingerprint density at radius 3 is 2.41 bits per heavy atom. The van der Waals surface area contributed by atoms with Gasteiger partial charge in [-0.2, -0.15) is 0 Å². The first-order valence-electron chi connectivity index (χ1n) is 11.4. The van der Waals surface area contributed by atoms with Gasteiger partial charge < -0.3 is 14.2 Å². The van der Waals surface area contributed by atoms with Gasteiger partial charge in [-0.25, -0.2) is 4.98 Å². The number of benzene rings is 1. The predicted molar refractivity (Wildman–Crippen MR) is 139 cm³/mol. The lowest BCUT2D eigenvalue weighted by atomic mass is 10.2. The van der Waals surface area contributed by atoms with Gasteiger partial charge in [-0.05, 0) is 42.0 Å². The largest absolute Gasteiger partial charge is 0.378 e. The zero-order chi connectivity index (χ0) is 24.0. The normalized spacial score (nSPS) is 12.6. The van der Waals surface area contributed by atoms with E-state index in [2.05, 4.69) is 44.5 Å². The van der Waals surface area contributed by atoms with Crippen molar-refractivity contribution in [3.63, 3.8) is 0 Å². The molecule has 5 rings (SSSR count). The molecule has 1 aliphatic rings. The number of nitrogens with zero attached hydrogens (tertiary/aromatic N) is 4. The molecule has 4 heterocycles. The van der Waals surface area contributed by atoms with E-state index in [0.717, 1.165) is 31.9 Å². The topological polar surface area (TPSA) is 72.3 Å². The second kappa shape index (κ2) is 13.9. The molecule has 8 heteroatoms. The Morgan fingerprint density at radius 1 is 1.00 bits per heavy atom. The number of ether oxygens (including phenoxy) is 1. The number of hydrogen-bond donors (Lipinski definition) is 1. The SMILES string of the molecule is CC.O=C(Nc1nccs1)c1cccn1Cc1ccncc1.c1ccc(N2CCOCC2)cc1. The first kappa shape index (κ1) is 25.1. The van der Waals surface area contributed by atoms with Gasteiger partial charge in [0.05, 0.1) is 13.2 Å². The van der Waals surface area contributed by atoms with Crippen LogP contribution in [0.25, 0.3) is 0 Å². The van der Waals surface area contributed by atoms with E-state index in [1.54, 1.807) is 24.7 Å². The molecular weight excluding hydrogens is 446 g/mol. The zero-order valence-corrected chi connectivity index (χ0v) is 20.4. The molecule has 1 aromatic carbocycles. The summed E-state index contributed by atoms with van der Waals surface area (Å²) in [5.41, 5.74) is 3.01. The van der Waals surface area contributed by atoms with Crippen molar-refractivity contribution in [3.05, 3.63) is 96.0 Å². The first-order chi connectivity index (χ1) is 16.8. The van der Waals surface area contributed by atoms with Crippen molar-refractivity contribution < 1.29 is 9.53 Å². The van der Waals surface area contributed by atoms with Crippen LogP contribution in [0.5, 0.6) is 0 Å². The van der Waals surface area contributed by atoms with E-state index in [0.29, 0.717) is 17.4 Å². The van der Waals surface area contributed by atoms with Crippen LogP contribution in [0.2, 0.25) is 0 Å². The van der Waals surface area contributed by atoms with Gasteiger partial charge in [-0.3, -0.25) is 15.1 Å². The van der Waals surface area contributed by atoms with Gasteiger partial charge in [0.25, 0.3) is 5.91 Å². The van der Waals surface area contributed by atoms with Crippen molar-refractivity contribution in [2.75, 3.05) is 36.5 Å². The highest BCUT2D eigenvalue weighted by molar-refractivity contribution is 7.13. The van der Waals surface area contributed by atoms with E-state index < -0.39 is 0 Å². The highest BCUT2D eigenvalue weighted by atomic mass is 32.1. The lowest BCUT2D eigenvalue weighted by Crippen LogP contribution is -2.36. The molecule has 3 aromatic heterocycles. The van der Waals surface area contributed by atoms with Gasteiger partial charge in [0, 0.05) is 55.5 Å². The molecule has 0 spiro atoms. The molecule has 4 aromatic rings. The monoisotopic (exact) mass is 477 g/mol. The number of amides is 1. The number of anilines is 2. The molecule has 34 heavy (non-hydrogen) atoms. The first-order valence-corrected chi connectivity index (χ1v) is 12.3. The number of rotatable bonds is 5. The van der Waals surface area contributed by atoms with Gasteiger partial charge >= 0.3 is 0 Å². The number of morpholine rings is 1. The molecule has 0 unspecified atom stereocenters. The average molecular weight is 478 g/mol. The second-order valence-corrected chi connectivity index (χ2v) is 8.00. The van der Waals surface area contributed by atoms with E-state index in [1.807, 2.05) is 54.3 Å². The number of para-hydroxylation sites is 1. The Balaban J connectivity index is 0.000000197. The van der Waals surface area contributed by atoms with Crippen LogP contribution < -0.4 is 10.2 Å². The second-order valence-electron chi connectivity index (χ2n) is 7.10. The molecule has 1 N–H and O–H groups in total. The van der Waals surface area contributed by atoms with Crippen LogP contribution in [-0.2, 0) is 11.3 Å². The van der Waals surface area contributed by atoms with Gasteiger partial charge in [0.1, 0.15) is 5.69 Å². The molecule has 178 valence electrons. The van der Waals surface area contributed by atoms with E-state index >= 15 is 0 Å². The third-order valence-corrected chi connectivity index (χ3v) is 5.64. The standard InChI is InChI=1S/C14H12N4OS.C10H13NO.C2H6/c19-13(17-14-16-7-9-20-14)12-2-1-8-18(12)10-11-3-5-15-6-4-11;1-2-4-10(5-3-1)11-6-8-12-9-7-11;1-2/h1-9H,10H2,(H,16,17,19);1-5H,6-9H2;1-2H3. The highest BCUT2D eigenvalue weighted by Gasteiger charge is 2.12. The van der Waals surface area contributed by atoms with Crippen LogP contribution in [0, 0.1) is 0 Å². The molecule has 1 amide bonds. The van der Waals surface area contributed by atoms with Crippen LogP contribution in [-0.4, -0.2) is 46.7 Å². The van der Waals surface area contributed by atoms with Crippen molar-refractivity contribution in [2.24, 2.45) is 0 Å². The van der Waals surface area contributed by atoms with Crippen molar-refractivity contribution in [2.45, 2.75) is 20.4 Å². The molecular formula is C26H31N5O2S. The number of nitrogens with one attached hydrogen (secondary N) is 1. The quantitative estimate of drug-likeness (QED) is 0.428. The molecule has 0 bridgehead atoms. The van der Waals surface area contributed by atoms with Crippen LogP contribution >= 0.6 is 11.3 Å². The summed E-state index contributed by atoms with van der Waals surface area (Å²) < 4.78 is 7.18. The number of carbonyl (C=O) groups excluding carboxylic acids is 1. The molecule has 7 nitrogen and oxygen atoms in total. The van der Waals surface area contributed by atoms with Crippen LogP contribution in [0.15, 0.2) is 84.8 Å². The third kappa shape index (κ3) is 7.54. The Kier molecular flexibility index (Phi) is 10.3. The number of carbonyl (C=O) groups is 1. The maximum absolute atomic E-state index is 12.2. The summed E-state index contributed by atoms with van der Waals surface area (Å²) in [6, 6.07) is 18.0. The third-order valence-electron chi connectivity index (χ3n) is 4.95. The zero-order valence-electron chi connectivity index (χ0n) is 19.6. The van der Waals surface area contributed by atoms with Crippen LogP contribution in [0.1, 0.15) is 29.9 Å². The lowest BCUT2D eigenvalue weighted by molar-refractivity contribution is 0.101. The maximum Gasteiger partial charge on any atom is 0.274 e. The van der Waals surface area contributed by atoms with Crippen LogP contribution in [0.3, 0.4) is 0 Å². The van der Waals surface area contributed by atoms with Crippen molar-refractivity contribution in [1.29, 1.82) is 0 Å². The molecule has 1 fully saturated rings. The van der Waals surface area contributed by atoms with Crippen molar-refractivity contribution in [3.8, 4) is 0 Å². The average Bonchev–Trinajstić information content (AvgIpc) is 3.60.